The van der Waals surface area contributed by atoms with Crippen molar-refractivity contribution < 1.29 is 13.9 Å². The van der Waals surface area contributed by atoms with Crippen LogP contribution in [-0.2, 0) is 6.54 Å². The normalized spacial score (nSPS) is 16.9. The van der Waals surface area contributed by atoms with Crippen LogP contribution in [0, 0.1) is 11.6 Å². The van der Waals surface area contributed by atoms with Crippen LogP contribution in [0.4, 0.5) is 14.5 Å². The summed E-state index contributed by atoms with van der Waals surface area (Å²) in [4.78, 5) is 6.03. The van der Waals surface area contributed by atoms with Gasteiger partial charge in [-0.25, -0.2) is 8.78 Å². The minimum Gasteiger partial charge on any atom is -0.393 e. The van der Waals surface area contributed by atoms with E-state index in [1.165, 1.54) is 18.3 Å². The molecule has 0 bridgehead atoms. The minimum atomic E-state index is -0.362. The van der Waals surface area contributed by atoms with Gasteiger partial charge in [0.05, 0.1) is 23.7 Å². The molecule has 1 saturated heterocycles. The van der Waals surface area contributed by atoms with Crippen molar-refractivity contribution in [1.82, 2.24) is 10.3 Å². The van der Waals surface area contributed by atoms with E-state index in [4.69, 9.17) is 0 Å². The number of nitrogens with one attached hydrogen (secondary N) is 1. The van der Waals surface area contributed by atoms with Crippen molar-refractivity contribution in [2.75, 3.05) is 18.0 Å². The number of hydrogen-bond donors (Lipinski definition) is 2. The number of aliphatic hydroxyl groups is 1. The first-order valence-electron chi connectivity index (χ1n) is 8.59. The van der Waals surface area contributed by atoms with E-state index < -0.39 is 0 Å². The first-order chi connectivity index (χ1) is 12.0. The summed E-state index contributed by atoms with van der Waals surface area (Å²) >= 11 is 0. The Bertz CT molecular complexity index is 700. The summed E-state index contributed by atoms with van der Waals surface area (Å²) in [6.45, 7) is 3.77. The third kappa shape index (κ3) is 4.52. The van der Waals surface area contributed by atoms with Crippen LogP contribution in [0.1, 0.15) is 37.1 Å². The van der Waals surface area contributed by atoms with Crippen LogP contribution >= 0.6 is 0 Å². The molecule has 0 aliphatic carbocycles. The molecule has 3 rings (SSSR count). The first kappa shape index (κ1) is 17.8. The Morgan fingerprint density at radius 1 is 1.24 bits per heavy atom. The zero-order chi connectivity index (χ0) is 17.8. The van der Waals surface area contributed by atoms with E-state index in [1.54, 1.807) is 12.1 Å². The summed E-state index contributed by atoms with van der Waals surface area (Å²) in [6, 6.07) is 8.20. The van der Waals surface area contributed by atoms with Crippen LogP contribution in [0.25, 0.3) is 0 Å². The topological polar surface area (TPSA) is 48.4 Å². The molecule has 1 aliphatic heterocycles. The largest absolute Gasteiger partial charge is 0.393 e. The van der Waals surface area contributed by atoms with Gasteiger partial charge in [0.15, 0.2) is 0 Å². The van der Waals surface area contributed by atoms with Crippen molar-refractivity contribution in [2.45, 2.75) is 38.5 Å². The molecule has 1 aromatic carbocycles. The first-order valence-corrected chi connectivity index (χ1v) is 8.59. The van der Waals surface area contributed by atoms with Gasteiger partial charge in [-0.3, -0.25) is 4.98 Å². The van der Waals surface area contributed by atoms with Gasteiger partial charge < -0.3 is 15.3 Å². The Kier molecular flexibility index (Phi) is 5.60. The average Bonchev–Trinajstić information content (AvgIpc) is 2.61. The lowest BCUT2D eigenvalue weighted by Gasteiger charge is -2.31. The molecular formula is C19H23F2N3O. The summed E-state index contributed by atoms with van der Waals surface area (Å²) in [7, 11) is 0. The number of rotatable bonds is 5. The number of pyridine rings is 1. The molecule has 0 saturated carbocycles. The molecule has 25 heavy (non-hydrogen) atoms. The Balaban J connectivity index is 1.60. The number of benzene rings is 1. The molecule has 134 valence electrons. The van der Waals surface area contributed by atoms with Gasteiger partial charge >= 0.3 is 0 Å². The van der Waals surface area contributed by atoms with Crippen molar-refractivity contribution in [3.05, 3.63) is 59.4 Å². The van der Waals surface area contributed by atoms with Crippen molar-refractivity contribution in [1.29, 1.82) is 0 Å². The predicted molar refractivity (Wildman–Crippen MR) is 93.3 cm³/mol. The van der Waals surface area contributed by atoms with Crippen LogP contribution in [0.15, 0.2) is 36.5 Å². The van der Waals surface area contributed by atoms with Gasteiger partial charge in [0.1, 0.15) is 11.6 Å². The number of nitrogens with zero attached hydrogens (tertiary/aromatic N) is 2. The monoisotopic (exact) mass is 347 g/mol. The second-order valence-corrected chi connectivity index (χ2v) is 6.51. The number of hydrogen-bond acceptors (Lipinski definition) is 4. The van der Waals surface area contributed by atoms with E-state index in [0.717, 1.165) is 11.3 Å². The molecule has 1 unspecified atom stereocenters. The summed E-state index contributed by atoms with van der Waals surface area (Å²) in [5, 5.41) is 12.8. The van der Waals surface area contributed by atoms with E-state index in [-0.39, 0.29) is 23.8 Å². The van der Waals surface area contributed by atoms with Crippen LogP contribution in [0.2, 0.25) is 0 Å². The molecule has 0 spiro atoms. The third-order valence-electron chi connectivity index (χ3n) is 4.62. The predicted octanol–water partition coefficient (Wildman–Crippen LogP) is 3.17. The fraction of sp³-hybridized carbons (Fsp3) is 0.421. The fourth-order valence-electron chi connectivity index (χ4n) is 3.04. The van der Waals surface area contributed by atoms with E-state index in [0.29, 0.717) is 38.2 Å². The number of aliphatic hydroxyl groups excluding tert-OH is 1. The van der Waals surface area contributed by atoms with E-state index >= 15 is 0 Å². The van der Waals surface area contributed by atoms with Gasteiger partial charge in [-0.05, 0) is 49.6 Å². The highest BCUT2D eigenvalue weighted by Crippen LogP contribution is 2.24. The average molecular weight is 347 g/mol. The van der Waals surface area contributed by atoms with Gasteiger partial charge in [0.25, 0.3) is 0 Å². The SMILES string of the molecule is CC(NCc1ccc(N2CCC(O)CC2)c(F)c1)c1ccc(F)cn1. The molecule has 0 radical (unpaired) electrons. The lowest BCUT2D eigenvalue weighted by atomic mass is 10.1. The van der Waals surface area contributed by atoms with Gasteiger partial charge in [-0.2, -0.15) is 0 Å². The van der Waals surface area contributed by atoms with E-state index in [9.17, 15) is 13.9 Å². The molecule has 1 atom stereocenters. The molecule has 0 amide bonds. The Labute approximate surface area is 146 Å². The molecule has 4 nitrogen and oxygen atoms in total. The second-order valence-electron chi connectivity index (χ2n) is 6.51. The summed E-state index contributed by atoms with van der Waals surface area (Å²) in [6.07, 6.45) is 2.26. The maximum absolute atomic E-state index is 14.4. The second kappa shape index (κ2) is 7.89. The Morgan fingerprint density at radius 2 is 2.00 bits per heavy atom. The molecule has 6 heteroatoms. The van der Waals surface area contributed by atoms with Crippen LogP contribution in [-0.4, -0.2) is 29.3 Å². The van der Waals surface area contributed by atoms with E-state index in [2.05, 4.69) is 10.3 Å². The third-order valence-corrected chi connectivity index (χ3v) is 4.62. The number of halogens is 2. The highest BCUT2D eigenvalue weighted by Gasteiger charge is 2.19. The molecule has 2 heterocycles. The van der Waals surface area contributed by atoms with Gasteiger partial charge in [0.2, 0.25) is 0 Å². The van der Waals surface area contributed by atoms with Crippen LogP contribution in [0.3, 0.4) is 0 Å². The maximum atomic E-state index is 14.4. The highest BCUT2D eigenvalue weighted by molar-refractivity contribution is 5.49. The number of piperidine rings is 1. The summed E-state index contributed by atoms with van der Waals surface area (Å²) in [5.41, 5.74) is 2.17. The van der Waals surface area contributed by atoms with Crippen molar-refractivity contribution in [3.63, 3.8) is 0 Å². The van der Waals surface area contributed by atoms with Crippen LogP contribution < -0.4 is 10.2 Å². The van der Waals surface area contributed by atoms with E-state index in [1.807, 2.05) is 17.9 Å². The molecule has 1 aromatic heterocycles. The smallest absolute Gasteiger partial charge is 0.146 e. The molecule has 2 N–H and O–H groups in total. The zero-order valence-electron chi connectivity index (χ0n) is 14.3. The fourth-order valence-corrected chi connectivity index (χ4v) is 3.04. The molecule has 1 aliphatic rings. The van der Waals surface area contributed by atoms with Gasteiger partial charge in [0, 0.05) is 25.7 Å². The van der Waals surface area contributed by atoms with Crippen LogP contribution in [0.5, 0.6) is 0 Å². The molecular weight excluding hydrogens is 324 g/mol. The van der Waals surface area contributed by atoms with Crippen molar-refractivity contribution in [2.24, 2.45) is 0 Å². The molecule has 1 fully saturated rings. The number of anilines is 1. The standard InChI is InChI=1S/C19H23F2N3O/c1-13(18-4-3-15(20)12-23-18)22-11-14-2-5-19(17(21)10-14)24-8-6-16(25)7-9-24/h2-5,10,12-13,16,22,25H,6-9,11H2,1H3. The Hall–Kier alpha value is -2.05. The zero-order valence-corrected chi connectivity index (χ0v) is 14.3. The number of aromatic nitrogens is 1. The molecule has 2 aromatic rings. The Morgan fingerprint density at radius 3 is 2.64 bits per heavy atom. The highest BCUT2D eigenvalue weighted by atomic mass is 19.1. The van der Waals surface area contributed by atoms with Gasteiger partial charge in [-0.15, -0.1) is 0 Å². The minimum absolute atomic E-state index is 0.0630. The maximum Gasteiger partial charge on any atom is 0.146 e. The van der Waals surface area contributed by atoms with Gasteiger partial charge in [-0.1, -0.05) is 6.07 Å². The summed E-state index contributed by atoms with van der Waals surface area (Å²) < 4.78 is 27.4. The van der Waals surface area contributed by atoms with Crippen molar-refractivity contribution >= 4 is 5.69 Å². The lowest BCUT2D eigenvalue weighted by molar-refractivity contribution is 0.145. The summed E-state index contributed by atoms with van der Waals surface area (Å²) in [5.74, 6) is -0.609. The van der Waals surface area contributed by atoms with Crippen molar-refractivity contribution in [3.8, 4) is 0 Å². The lowest BCUT2D eigenvalue weighted by Crippen LogP contribution is -2.36. The quantitative estimate of drug-likeness (QED) is 0.872.